The van der Waals surface area contributed by atoms with Gasteiger partial charge in [0.1, 0.15) is 5.82 Å². The van der Waals surface area contributed by atoms with E-state index in [1.54, 1.807) is 18.2 Å². The summed E-state index contributed by atoms with van der Waals surface area (Å²) in [5.41, 5.74) is 3.12. The van der Waals surface area contributed by atoms with Gasteiger partial charge in [-0.25, -0.2) is 4.39 Å². The topological polar surface area (TPSA) is 38.0 Å². The summed E-state index contributed by atoms with van der Waals surface area (Å²) >= 11 is 0. The Morgan fingerprint density at radius 1 is 1.50 bits per heavy atom. The maximum Gasteiger partial charge on any atom is 0.128 e. The highest BCUT2D eigenvalue weighted by Gasteiger charge is 2.12. The van der Waals surface area contributed by atoms with E-state index in [4.69, 9.17) is 12.3 Å². The van der Waals surface area contributed by atoms with E-state index in [2.05, 4.69) is 11.3 Å². The minimum Gasteiger partial charge on any atom is -0.271 e. The van der Waals surface area contributed by atoms with Gasteiger partial charge in [0.25, 0.3) is 0 Å². The van der Waals surface area contributed by atoms with E-state index in [0.717, 1.165) is 0 Å². The summed E-state index contributed by atoms with van der Waals surface area (Å²) < 4.78 is 13.3. The van der Waals surface area contributed by atoms with Gasteiger partial charge in [0.15, 0.2) is 0 Å². The number of terminal acetylenes is 1. The zero-order valence-electron chi connectivity index (χ0n) is 7.83. The molecule has 0 bridgehead atoms. The summed E-state index contributed by atoms with van der Waals surface area (Å²) in [7, 11) is 0. The van der Waals surface area contributed by atoms with E-state index in [1.807, 2.05) is 0 Å². The molecule has 0 aliphatic rings. The van der Waals surface area contributed by atoms with Gasteiger partial charge in [-0.1, -0.05) is 18.2 Å². The Labute approximate surface area is 83.3 Å². The van der Waals surface area contributed by atoms with Crippen molar-refractivity contribution in [2.45, 2.75) is 18.9 Å². The van der Waals surface area contributed by atoms with Crippen molar-refractivity contribution in [1.29, 1.82) is 0 Å². The number of hydrogen-bond acceptors (Lipinski definition) is 2. The van der Waals surface area contributed by atoms with Gasteiger partial charge in [-0.3, -0.25) is 11.3 Å². The second kappa shape index (κ2) is 5.38. The SMILES string of the molecule is C#CCCC(NN)c1ccccc1F. The normalized spacial score (nSPS) is 12.1. The molecular weight excluding hydrogens is 179 g/mol. The predicted molar refractivity (Wildman–Crippen MR) is 54.5 cm³/mol. The van der Waals surface area contributed by atoms with Crippen molar-refractivity contribution in [3.8, 4) is 12.3 Å². The number of hydrazine groups is 1. The monoisotopic (exact) mass is 192 g/mol. The zero-order chi connectivity index (χ0) is 10.4. The van der Waals surface area contributed by atoms with Gasteiger partial charge in [0, 0.05) is 18.0 Å². The molecule has 0 heterocycles. The minimum atomic E-state index is -0.257. The Morgan fingerprint density at radius 2 is 2.21 bits per heavy atom. The predicted octanol–water partition coefficient (Wildman–Crippen LogP) is 1.74. The maximum atomic E-state index is 13.3. The molecular formula is C11H13FN2. The molecule has 1 aromatic rings. The van der Waals surface area contributed by atoms with Crippen molar-refractivity contribution in [1.82, 2.24) is 5.43 Å². The summed E-state index contributed by atoms with van der Waals surface area (Å²) in [6.07, 6.45) is 6.34. The Morgan fingerprint density at radius 3 is 2.79 bits per heavy atom. The van der Waals surface area contributed by atoms with E-state index < -0.39 is 0 Å². The van der Waals surface area contributed by atoms with Gasteiger partial charge < -0.3 is 0 Å². The van der Waals surface area contributed by atoms with Crippen LogP contribution in [0, 0.1) is 18.2 Å². The number of hydrogen-bond donors (Lipinski definition) is 2. The number of halogens is 1. The first-order valence-corrected chi connectivity index (χ1v) is 4.43. The molecule has 2 nitrogen and oxygen atoms in total. The molecule has 0 saturated heterocycles. The average molecular weight is 192 g/mol. The Hall–Kier alpha value is -1.37. The van der Waals surface area contributed by atoms with Crippen LogP contribution in [0.1, 0.15) is 24.4 Å². The molecule has 1 aromatic carbocycles. The number of nitrogens with two attached hydrogens (primary N) is 1. The fourth-order valence-electron chi connectivity index (χ4n) is 1.31. The highest BCUT2D eigenvalue weighted by molar-refractivity contribution is 5.21. The second-order valence-electron chi connectivity index (χ2n) is 2.98. The van der Waals surface area contributed by atoms with Crippen molar-refractivity contribution in [2.75, 3.05) is 0 Å². The van der Waals surface area contributed by atoms with Gasteiger partial charge >= 0.3 is 0 Å². The molecule has 1 atom stereocenters. The van der Waals surface area contributed by atoms with Crippen molar-refractivity contribution < 1.29 is 4.39 Å². The van der Waals surface area contributed by atoms with Crippen LogP contribution in [0.4, 0.5) is 4.39 Å². The number of rotatable bonds is 4. The maximum absolute atomic E-state index is 13.3. The fraction of sp³-hybridized carbons (Fsp3) is 0.273. The lowest BCUT2D eigenvalue weighted by molar-refractivity contribution is 0.491. The molecule has 0 aromatic heterocycles. The van der Waals surface area contributed by atoms with E-state index in [1.165, 1.54) is 6.07 Å². The first-order chi connectivity index (χ1) is 6.79. The van der Waals surface area contributed by atoms with E-state index in [-0.39, 0.29) is 11.9 Å². The molecule has 1 rings (SSSR count). The molecule has 3 N–H and O–H groups in total. The lowest BCUT2D eigenvalue weighted by Crippen LogP contribution is -2.28. The Balaban J connectivity index is 2.79. The third-order valence-electron chi connectivity index (χ3n) is 2.06. The van der Waals surface area contributed by atoms with Crippen LogP contribution in [0.15, 0.2) is 24.3 Å². The zero-order valence-corrected chi connectivity index (χ0v) is 7.83. The highest BCUT2D eigenvalue weighted by atomic mass is 19.1. The smallest absolute Gasteiger partial charge is 0.128 e. The van der Waals surface area contributed by atoms with Crippen LogP contribution < -0.4 is 11.3 Å². The molecule has 0 spiro atoms. The van der Waals surface area contributed by atoms with Gasteiger partial charge in [-0.2, -0.15) is 0 Å². The average Bonchev–Trinajstić information content (AvgIpc) is 2.21. The standard InChI is InChI=1S/C11H13FN2/c1-2-3-8-11(14-13)9-6-4-5-7-10(9)12/h1,4-7,11,14H,3,8,13H2. The molecule has 3 heteroatoms. The molecule has 0 amide bonds. The van der Waals surface area contributed by atoms with Crippen LogP contribution in [0.3, 0.4) is 0 Å². The van der Waals surface area contributed by atoms with E-state index in [0.29, 0.717) is 18.4 Å². The van der Waals surface area contributed by atoms with Crippen LogP contribution >= 0.6 is 0 Å². The van der Waals surface area contributed by atoms with Gasteiger partial charge in [-0.05, 0) is 12.5 Å². The molecule has 1 unspecified atom stereocenters. The minimum absolute atomic E-state index is 0.216. The van der Waals surface area contributed by atoms with Crippen LogP contribution in [0.25, 0.3) is 0 Å². The first-order valence-electron chi connectivity index (χ1n) is 4.43. The van der Waals surface area contributed by atoms with Crippen molar-refractivity contribution in [2.24, 2.45) is 5.84 Å². The summed E-state index contributed by atoms with van der Waals surface area (Å²) in [6, 6.07) is 6.32. The van der Waals surface area contributed by atoms with Crippen LogP contribution in [0.5, 0.6) is 0 Å². The number of nitrogens with one attached hydrogen (secondary N) is 1. The quantitative estimate of drug-likeness (QED) is 0.433. The molecule has 14 heavy (non-hydrogen) atoms. The Bertz CT molecular complexity index is 330. The molecule has 0 aliphatic carbocycles. The second-order valence-corrected chi connectivity index (χ2v) is 2.98. The first kappa shape index (κ1) is 10.7. The van der Waals surface area contributed by atoms with Crippen LogP contribution in [0.2, 0.25) is 0 Å². The third-order valence-corrected chi connectivity index (χ3v) is 2.06. The third kappa shape index (κ3) is 2.56. The molecule has 0 saturated carbocycles. The van der Waals surface area contributed by atoms with Gasteiger partial charge in [0.2, 0.25) is 0 Å². The highest BCUT2D eigenvalue weighted by Crippen LogP contribution is 2.19. The van der Waals surface area contributed by atoms with Crippen molar-refractivity contribution in [3.05, 3.63) is 35.6 Å². The van der Waals surface area contributed by atoms with Crippen LogP contribution in [-0.4, -0.2) is 0 Å². The Kier molecular flexibility index (Phi) is 4.11. The summed E-state index contributed by atoms with van der Waals surface area (Å²) in [4.78, 5) is 0. The van der Waals surface area contributed by atoms with E-state index in [9.17, 15) is 4.39 Å². The number of benzene rings is 1. The lowest BCUT2D eigenvalue weighted by atomic mass is 10.0. The van der Waals surface area contributed by atoms with E-state index >= 15 is 0 Å². The molecule has 74 valence electrons. The largest absolute Gasteiger partial charge is 0.271 e. The van der Waals surface area contributed by atoms with Crippen molar-refractivity contribution >= 4 is 0 Å². The molecule has 0 fully saturated rings. The van der Waals surface area contributed by atoms with Gasteiger partial charge in [-0.15, -0.1) is 12.3 Å². The molecule has 0 aliphatic heterocycles. The molecule has 0 radical (unpaired) electrons. The summed E-state index contributed by atoms with van der Waals surface area (Å²) in [6.45, 7) is 0. The van der Waals surface area contributed by atoms with Crippen molar-refractivity contribution in [3.63, 3.8) is 0 Å². The van der Waals surface area contributed by atoms with Crippen LogP contribution in [-0.2, 0) is 0 Å². The fourth-order valence-corrected chi connectivity index (χ4v) is 1.31. The summed E-state index contributed by atoms with van der Waals surface area (Å²) in [5.74, 6) is 7.58. The van der Waals surface area contributed by atoms with Gasteiger partial charge in [0.05, 0.1) is 0 Å². The summed E-state index contributed by atoms with van der Waals surface area (Å²) in [5, 5.41) is 0. The lowest BCUT2D eigenvalue weighted by Gasteiger charge is -2.15.